The lowest BCUT2D eigenvalue weighted by molar-refractivity contribution is 0.203. The number of hydrogen-bond acceptors (Lipinski definition) is 3. The van der Waals surface area contributed by atoms with Crippen molar-refractivity contribution in [2.24, 2.45) is 10.4 Å². The van der Waals surface area contributed by atoms with Crippen molar-refractivity contribution in [2.75, 3.05) is 39.1 Å². The van der Waals surface area contributed by atoms with Gasteiger partial charge in [-0.05, 0) is 30.7 Å². The van der Waals surface area contributed by atoms with Crippen molar-refractivity contribution in [3.63, 3.8) is 0 Å². The van der Waals surface area contributed by atoms with E-state index in [1.807, 2.05) is 33.4 Å². The Bertz CT molecular complexity index is 581. The topological polar surface area (TPSA) is 43.8 Å². The summed E-state index contributed by atoms with van der Waals surface area (Å²) in [6, 6.07) is 4.13. The van der Waals surface area contributed by atoms with Crippen LogP contribution in [0.1, 0.15) is 44.1 Å². The van der Waals surface area contributed by atoms with Crippen LogP contribution >= 0.6 is 24.0 Å². The Balaban J connectivity index is 0.00000225. The van der Waals surface area contributed by atoms with E-state index in [-0.39, 0.29) is 24.0 Å². The van der Waals surface area contributed by atoms with Gasteiger partial charge in [0.25, 0.3) is 0 Å². The van der Waals surface area contributed by atoms with E-state index in [0.717, 1.165) is 24.9 Å². The van der Waals surface area contributed by atoms with Crippen LogP contribution in [0.4, 0.5) is 5.82 Å². The van der Waals surface area contributed by atoms with E-state index < -0.39 is 0 Å². The van der Waals surface area contributed by atoms with Gasteiger partial charge in [0.1, 0.15) is 5.82 Å². The fourth-order valence-electron chi connectivity index (χ4n) is 4.30. The van der Waals surface area contributed by atoms with Crippen LogP contribution < -0.4 is 10.2 Å². The molecule has 1 spiro atoms. The Morgan fingerprint density at radius 2 is 2.04 bits per heavy atom. The van der Waals surface area contributed by atoms with Crippen LogP contribution in [-0.2, 0) is 6.54 Å². The van der Waals surface area contributed by atoms with Gasteiger partial charge in [0.2, 0.25) is 0 Å². The zero-order chi connectivity index (χ0) is 17.0. The van der Waals surface area contributed by atoms with E-state index in [0.29, 0.717) is 5.41 Å². The minimum absolute atomic E-state index is 0. The van der Waals surface area contributed by atoms with Gasteiger partial charge >= 0.3 is 0 Å². The first-order chi connectivity index (χ1) is 11.6. The first-order valence-corrected chi connectivity index (χ1v) is 9.20. The number of anilines is 1. The van der Waals surface area contributed by atoms with Crippen LogP contribution in [0.3, 0.4) is 0 Å². The number of nitrogens with one attached hydrogen (secondary N) is 1. The molecule has 1 aromatic rings. The molecular weight excluding hydrogens is 425 g/mol. The van der Waals surface area contributed by atoms with Crippen molar-refractivity contribution in [1.29, 1.82) is 0 Å². The number of likely N-dealkylation sites (tertiary alicyclic amines) is 1. The monoisotopic (exact) mass is 457 g/mol. The molecule has 1 N–H and O–H groups in total. The summed E-state index contributed by atoms with van der Waals surface area (Å²) in [4.78, 5) is 13.5. The molecule has 1 aromatic heterocycles. The Kier molecular flexibility index (Phi) is 7.34. The second-order valence-electron chi connectivity index (χ2n) is 7.51. The van der Waals surface area contributed by atoms with Gasteiger partial charge in [-0.2, -0.15) is 0 Å². The number of pyridine rings is 1. The number of aromatic nitrogens is 1. The summed E-state index contributed by atoms with van der Waals surface area (Å²) in [7, 11) is 5.96. The average Bonchev–Trinajstić information content (AvgIpc) is 2.99. The van der Waals surface area contributed by atoms with E-state index in [2.05, 4.69) is 31.2 Å². The van der Waals surface area contributed by atoms with Gasteiger partial charge in [0, 0.05) is 52.5 Å². The molecule has 1 saturated heterocycles. The highest BCUT2D eigenvalue weighted by molar-refractivity contribution is 14.0. The zero-order valence-corrected chi connectivity index (χ0v) is 18.1. The Morgan fingerprint density at radius 1 is 1.28 bits per heavy atom. The van der Waals surface area contributed by atoms with Crippen molar-refractivity contribution >= 4 is 35.8 Å². The fraction of sp³-hybridized carbons (Fsp3) is 0.684. The largest absolute Gasteiger partial charge is 0.362 e. The van der Waals surface area contributed by atoms with Crippen LogP contribution in [0.2, 0.25) is 0 Å². The van der Waals surface area contributed by atoms with Gasteiger partial charge in [0.05, 0.1) is 0 Å². The van der Waals surface area contributed by atoms with Crippen molar-refractivity contribution in [1.82, 2.24) is 15.2 Å². The highest BCUT2D eigenvalue weighted by atomic mass is 127. The van der Waals surface area contributed by atoms with Crippen molar-refractivity contribution in [3.05, 3.63) is 23.9 Å². The summed E-state index contributed by atoms with van der Waals surface area (Å²) in [5, 5.41) is 3.55. The van der Waals surface area contributed by atoms with Crippen LogP contribution in [0.25, 0.3) is 0 Å². The molecular formula is C19H32IN5. The molecule has 2 heterocycles. The fourth-order valence-corrected chi connectivity index (χ4v) is 4.30. The van der Waals surface area contributed by atoms with Crippen molar-refractivity contribution < 1.29 is 0 Å². The van der Waals surface area contributed by atoms with Crippen LogP contribution in [-0.4, -0.2) is 50.1 Å². The molecule has 3 rings (SSSR count). The predicted octanol–water partition coefficient (Wildman–Crippen LogP) is 3.50. The lowest BCUT2D eigenvalue weighted by Crippen LogP contribution is -2.41. The average molecular weight is 457 g/mol. The first-order valence-electron chi connectivity index (χ1n) is 9.20. The molecule has 5 nitrogen and oxygen atoms in total. The van der Waals surface area contributed by atoms with Crippen LogP contribution in [0, 0.1) is 5.41 Å². The number of nitrogens with zero attached hydrogens (tertiary/aromatic N) is 4. The van der Waals surface area contributed by atoms with Crippen molar-refractivity contribution in [2.45, 2.75) is 45.1 Å². The highest BCUT2D eigenvalue weighted by Crippen LogP contribution is 2.43. The third kappa shape index (κ3) is 4.77. The second kappa shape index (κ2) is 9.05. The van der Waals surface area contributed by atoms with E-state index in [1.54, 1.807) is 0 Å². The van der Waals surface area contributed by atoms with Gasteiger partial charge in [-0.3, -0.25) is 4.99 Å². The molecule has 2 aliphatic rings. The van der Waals surface area contributed by atoms with E-state index >= 15 is 0 Å². The molecule has 1 saturated carbocycles. The molecule has 6 heteroatoms. The minimum Gasteiger partial charge on any atom is -0.362 e. The Morgan fingerprint density at radius 3 is 2.72 bits per heavy atom. The summed E-state index contributed by atoms with van der Waals surface area (Å²) in [5.74, 6) is 2.05. The second-order valence-corrected chi connectivity index (χ2v) is 7.51. The number of guanidine groups is 1. The Hall–Kier alpha value is -1.05. The molecule has 0 unspecified atom stereocenters. The highest BCUT2D eigenvalue weighted by Gasteiger charge is 2.39. The third-order valence-electron chi connectivity index (χ3n) is 5.59. The molecule has 0 amide bonds. The Labute approximate surface area is 169 Å². The first kappa shape index (κ1) is 20.3. The normalized spacial score (nSPS) is 19.6. The van der Waals surface area contributed by atoms with Gasteiger partial charge in [-0.1, -0.05) is 25.3 Å². The molecule has 25 heavy (non-hydrogen) atoms. The van der Waals surface area contributed by atoms with Gasteiger partial charge in [-0.15, -0.1) is 24.0 Å². The standard InChI is InChI=1S/C19H31N5.HI/c1-20-18(22-14-16-8-7-12-21-17(16)23(2)3)24-13-11-19(15-24)9-5-4-6-10-19;/h7-8,12H,4-6,9-11,13-15H2,1-3H3,(H,20,22);1H. The number of halogens is 1. The summed E-state index contributed by atoms with van der Waals surface area (Å²) >= 11 is 0. The molecule has 0 aromatic carbocycles. The minimum atomic E-state index is 0. The maximum Gasteiger partial charge on any atom is 0.193 e. The van der Waals surface area contributed by atoms with Crippen LogP contribution in [0.5, 0.6) is 0 Å². The molecule has 1 aliphatic heterocycles. The van der Waals surface area contributed by atoms with Gasteiger partial charge in [0.15, 0.2) is 5.96 Å². The smallest absolute Gasteiger partial charge is 0.193 e. The molecule has 0 radical (unpaired) electrons. The van der Waals surface area contributed by atoms with Crippen LogP contribution in [0.15, 0.2) is 23.3 Å². The van der Waals surface area contributed by atoms with Gasteiger partial charge in [-0.25, -0.2) is 4.98 Å². The number of hydrogen-bond donors (Lipinski definition) is 1. The number of aliphatic imine (C=N–C) groups is 1. The van der Waals surface area contributed by atoms with E-state index in [4.69, 9.17) is 0 Å². The quantitative estimate of drug-likeness (QED) is 0.429. The lowest BCUT2D eigenvalue weighted by Gasteiger charge is -2.33. The lowest BCUT2D eigenvalue weighted by atomic mass is 9.73. The molecule has 1 aliphatic carbocycles. The summed E-state index contributed by atoms with van der Waals surface area (Å²) in [6.45, 7) is 3.06. The maximum atomic E-state index is 4.54. The summed E-state index contributed by atoms with van der Waals surface area (Å²) in [5.41, 5.74) is 1.76. The zero-order valence-electron chi connectivity index (χ0n) is 15.8. The van der Waals surface area contributed by atoms with Crippen molar-refractivity contribution in [3.8, 4) is 0 Å². The number of rotatable bonds is 3. The summed E-state index contributed by atoms with van der Waals surface area (Å²) in [6.07, 6.45) is 10.2. The molecule has 0 atom stereocenters. The maximum absolute atomic E-state index is 4.54. The summed E-state index contributed by atoms with van der Waals surface area (Å²) < 4.78 is 0. The molecule has 140 valence electrons. The predicted molar refractivity (Wildman–Crippen MR) is 116 cm³/mol. The van der Waals surface area contributed by atoms with E-state index in [1.165, 1.54) is 50.6 Å². The third-order valence-corrected chi connectivity index (χ3v) is 5.59. The SMILES string of the molecule is CN=C(NCc1cccnc1N(C)C)N1CCC2(CCCCC2)C1.I. The van der Waals surface area contributed by atoms with Gasteiger partial charge < -0.3 is 15.1 Å². The molecule has 0 bridgehead atoms. The molecule has 2 fully saturated rings. The van der Waals surface area contributed by atoms with E-state index in [9.17, 15) is 0 Å².